The van der Waals surface area contributed by atoms with Crippen LogP contribution in [-0.4, -0.2) is 69.4 Å². The first-order chi connectivity index (χ1) is 39.9. The molecule has 0 aromatic rings. The monoisotopic (exact) mass is 1170 g/mol. The van der Waals surface area contributed by atoms with Crippen LogP contribution in [0.2, 0.25) is 0 Å². The summed E-state index contributed by atoms with van der Waals surface area (Å²) in [6.07, 6.45) is 79.4. The molecular weight excluding hydrogens is 1040 g/mol. The summed E-state index contributed by atoms with van der Waals surface area (Å²) >= 11 is 0. The quantitative estimate of drug-likeness (QED) is 0.0212. The minimum Gasteiger partial charge on any atom is -0.756 e. The van der Waals surface area contributed by atoms with Gasteiger partial charge in [0.1, 0.15) is 19.3 Å². The Morgan fingerprint density at radius 1 is 0.427 bits per heavy atom. The van der Waals surface area contributed by atoms with Crippen molar-refractivity contribution in [2.45, 2.75) is 348 Å². The third-order valence-corrected chi connectivity index (χ3v) is 16.7. The number of amides is 1. The third-order valence-electron chi connectivity index (χ3n) is 15.7. The zero-order valence-electron chi connectivity index (χ0n) is 54.9. The first kappa shape index (κ1) is 79.7. The number of esters is 1. The molecule has 10 heteroatoms. The Morgan fingerprint density at radius 3 is 1.16 bits per heavy atom. The highest BCUT2D eigenvalue weighted by Crippen LogP contribution is 2.38. The lowest BCUT2D eigenvalue weighted by Crippen LogP contribution is -2.47. The highest BCUT2D eigenvalue weighted by atomic mass is 31.2. The molecule has 3 atom stereocenters. The number of rotatable bonds is 64. The van der Waals surface area contributed by atoms with Gasteiger partial charge in [0, 0.05) is 12.8 Å². The minimum atomic E-state index is -4.71. The van der Waals surface area contributed by atoms with Gasteiger partial charge in [-0.2, -0.15) is 0 Å². The highest BCUT2D eigenvalue weighted by molar-refractivity contribution is 7.45. The summed E-state index contributed by atoms with van der Waals surface area (Å²) in [5.41, 5.74) is 0. The molecule has 0 heterocycles. The van der Waals surface area contributed by atoms with Gasteiger partial charge in [-0.05, 0) is 70.3 Å². The molecule has 0 aliphatic rings. The summed E-state index contributed by atoms with van der Waals surface area (Å²) in [6, 6.07) is -0.910. The second-order valence-electron chi connectivity index (χ2n) is 25.0. The third kappa shape index (κ3) is 62.2. The van der Waals surface area contributed by atoms with Crippen LogP contribution in [0, 0.1) is 0 Å². The number of hydrogen-bond acceptors (Lipinski definition) is 7. The Hall–Kier alpha value is -2.29. The van der Waals surface area contributed by atoms with Gasteiger partial charge >= 0.3 is 5.97 Å². The van der Waals surface area contributed by atoms with Crippen LogP contribution in [0.4, 0.5) is 0 Å². The Morgan fingerprint density at radius 2 is 0.756 bits per heavy atom. The number of carbonyl (C=O) groups is 2. The van der Waals surface area contributed by atoms with E-state index in [1.165, 1.54) is 231 Å². The van der Waals surface area contributed by atoms with Crippen LogP contribution in [0.25, 0.3) is 0 Å². The summed E-state index contributed by atoms with van der Waals surface area (Å²) in [5.74, 6) is -0.594. The minimum absolute atomic E-state index is 0.0302. The Balaban J connectivity index is 5.05. The number of likely N-dealkylation sites (N-methyl/N-ethyl adjacent to an activating group) is 1. The Bertz CT molecular complexity index is 1590. The van der Waals surface area contributed by atoms with Gasteiger partial charge in [0.2, 0.25) is 5.91 Å². The predicted octanol–water partition coefficient (Wildman–Crippen LogP) is 21.5. The molecule has 0 radical (unpaired) electrons. The molecule has 9 nitrogen and oxygen atoms in total. The molecule has 0 aromatic carbocycles. The second-order valence-corrected chi connectivity index (χ2v) is 26.5. The van der Waals surface area contributed by atoms with Gasteiger partial charge in [0.25, 0.3) is 7.82 Å². The van der Waals surface area contributed by atoms with Crippen molar-refractivity contribution >= 4 is 19.7 Å². The zero-order chi connectivity index (χ0) is 60.0. The molecule has 0 aliphatic heterocycles. The highest BCUT2D eigenvalue weighted by Gasteiger charge is 2.27. The van der Waals surface area contributed by atoms with Crippen LogP contribution in [0.1, 0.15) is 335 Å². The fourth-order valence-corrected chi connectivity index (χ4v) is 11.0. The summed E-state index contributed by atoms with van der Waals surface area (Å²) in [6.45, 7) is 6.82. The summed E-state index contributed by atoms with van der Waals surface area (Å²) in [5, 5.41) is 3.03. The van der Waals surface area contributed by atoms with Crippen molar-refractivity contribution < 1.29 is 37.3 Å². The van der Waals surface area contributed by atoms with Gasteiger partial charge in [-0.1, -0.05) is 313 Å². The van der Waals surface area contributed by atoms with Crippen molar-refractivity contribution in [1.29, 1.82) is 0 Å². The molecule has 0 saturated carbocycles. The van der Waals surface area contributed by atoms with E-state index in [1.807, 2.05) is 33.3 Å². The number of carbonyl (C=O) groups excluding carboxylic acids is 2. The molecule has 3 unspecified atom stereocenters. The average Bonchev–Trinajstić information content (AvgIpc) is 3.44. The molecule has 0 saturated heterocycles. The van der Waals surface area contributed by atoms with E-state index >= 15 is 0 Å². The molecule has 82 heavy (non-hydrogen) atoms. The molecule has 1 N–H and O–H groups in total. The number of phosphoric ester groups is 1. The van der Waals surface area contributed by atoms with E-state index in [1.54, 1.807) is 0 Å². The van der Waals surface area contributed by atoms with Gasteiger partial charge in [-0.15, -0.1) is 0 Å². The van der Waals surface area contributed by atoms with Crippen molar-refractivity contribution in [3.8, 4) is 0 Å². The molecular formula is C72H135N2O7P. The van der Waals surface area contributed by atoms with Gasteiger partial charge in [0.15, 0.2) is 0 Å². The van der Waals surface area contributed by atoms with Crippen molar-refractivity contribution in [1.82, 2.24) is 5.32 Å². The van der Waals surface area contributed by atoms with E-state index in [-0.39, 0.29) is 24.9 Å². The van der Waals surface area contributed by atoms with E-state index < -0.39 is 26.6 Å². The molecule has 0 spiro atoms. The number of quaternary nitrogens is 1. The van der Waals surface area contributed by atoms with E-state index in [0.717, 1.165) is 64.2 Å². The summed E-state index contributed by atoms with van der Waals surface area (Å²) in [4.78, 5) is 40.1. The number of ether oxygens (including phenoxy) is 1. The smallest absolute Gasteiger partial charge is 0.306 e. The first-order valence-corrected chi connectivity index (χ1v) is 36.6. The fourth-order valence-electron chi connectivity index (χ4n) is 10.3. The molecule has 480 valence electrons. The molecule has 1 amide bonds. The SMILES string of the molecule is CCCCC/C=C\C/C=C\C/C=C\C/C=C\CCCC(=O)OC(/C=C\CCCCCCCCCCCC)C(COP(=O)([O-])OCC[N+](C)(C)C)NC(=O)CCCCCCCCCCCCCCCCCCCCCCCCCCCCC. The van der Waals surface area contributed by atoms with Gasteiger partial charge < -0.3 is 28.5 Å². The molecule has 0 fully saturated rings. The lowest BCUT2D eigenvalue weighted by atomic mass is 10.0. The van der Waals surface area contributed by atoms with Crippen molar-refractivity contribution in [3.05, 3.63) is 60.8 Å². The standard InChI is InChI=1S/C72H135N2O7P/c1-7-10-13-16-19-22-25-28-30-32-33-34-35-36-37-38-39-40-41-43-44-46-49-52-55-58-61-64-71(75)73-69(68-80-82(77,78)79-67-66-74(4,5)6)70(63-60-57-54-51-48-27-24-21-18-15-12-9-3)81-72(76)65-62-59-56-53-50-47-45-42-31-29-26-23-20-17-14-11-8-2/h20,23,29,31,45,47,53,56,60,63,69-70H,7-19,21-22,24-28,30,32-44,46,48-52,54-55,57-59,61-62,64-68H2,1-6H3,(H-,73,75,77,78)/b23-20-,31-29-,47-45-,56-53-,63-60-. The lowest BCUT2D eigenvalue weighted by Gasteiger charge is -2.30. The summed E-state index contributed by atoms with van der Waals surface area (Å²) in [7, 11) is 1.17. The van der Waals surface area contributed by atoms with Gasteiger partial charge in [-0.3, -0.25) is 14.2 Å². The number of nitrogens with one attached hydrogen (secondary N) is 1. The van der Waals surface area contributed by atoms with Crippen molar-refractivity contribution in [2.24, 2.45) is 0 Å². The maximum atomic E-state index is 13.6. The first-order valence-electron chi connectivity index (χ1n) is 35.1. The van der Waals surface area contributed by atoms with E-state index in [2.05, 4.69) is 74.7 Å². The second kappa shape index (κ2) is 61.8. The van der Waals surface area contributed by atoms with Crippen LogP contribution in [0.3, 0.4) is 0 Å². The van der Waals surface area contributed by atoms with Crippen LogP contribution in [-0.2, 0) is 27.9 Å². The molecule has 0 aliphatic carbocycles. The largest absolute Gasteiger partial charge is 0.756 e. The van der Waals surface area contributed by atoms with E-state index in [9.17, 15) is 19.0 Å². The molecule has 0 rings (SSSR count). The fraction of sp³-hybridized carbons (Fsp3) is 0.833. The van der Waals surface area contributed by atoms with Crippen molar-refractivity contribution in [2.75, 3.05) is 40.9 Å². The number of hydrogen-bond donors (Lipinski definition) is 1. The van der Waals surface area contributed by atoms with Crippen LogP contribution < -0.4 is 10.2 Å². The van der Waals surface area contributed by atoms with E-state index in [4.69, 9.17) is 13.8 Å². The molecule has 0 bridgehead atoms. The Labute approximate surface area is 509 Å². The molecule has 0 aromatic heterocycles. The number of allylic oxidation sites excluding steroid dienone is 9. The average molecular weight is 1170 g/mol. The van der Waals surface area contributed by atoms with Crippen LogP contribution >= 0.6 is 7.82 Å². The van der Waals surface area contributed by atoms with Crippen LogP contribution in [0.15, 0.2) is 60.8 Å². The topological polar surface area (TPSA) is 114 Å². The van der Waals surface area contributed by atoms with Crippen LogP contribution in [0.5, 0.6) is 0 Å². The number of unbranched alkanes of at least 4 members (excludes halogenated alkanes) is 40. The maximum Gasteiger partial charge on any atom is 0.306 e. The lowest BCUT2D eigenvalue weighted by molar-refractivity contribution is -0.870. The normalized spacial score (nSPS) is 13.9. The number of nitrogens with zero attached hydrogens (tertiary/aromatic N) is 1. The predicted molar refractivity (Wildman–Crippen MR) is 353 cm³/mol. The zero-order valence-corrected chi connectivity index (χ0v) is 55.8. The number of phosphoric acid groups is 1. The summed E-state index contributed by atoms with van der Waals surface area (Å²) < 4.78 is 30.3. The maximum absolute atomic E-state index is 13.6. The van der Waals surface area contributed by atoms with E-state index in [0.29, 0.717) is 23.9 Å². The van der Waals surface area contributed by atoms with Gasteiger partial charge in [0.05, 0.1) is 33.8 Å². The van der Waals surface area contributed by atoms with Crippen molar-refractivity contribution in [3.63, 3.8) is 0 Å². The Kier molecular flexibility index (Phi) is 60.1. The van der Waals surface area contributed by atoms with Gasteiger partial charge in [-0.25, -0.2) is 0 Å².